The number of aromatic nitrogens is 5. The van der Waals surface area contributed by atoms with Crippen LogP contribution < -0.4 is 0 Å². The molecule has 2 aromatic heterocycles. The van der Waals surface area contributed by atoms with Crippen LogP contribution in [-0.2, 0) is 16.4 Å². The molecule has 0 aliphatic heterocycles. The monoisotopic (exact) mass is 381 g/mol. The maximum absolute atomic E-state index is 11.5. The van der Waals surface area contributed by atoms with E-state index in [1.807, 2.05) is 30.3 Å². The topological polar surface area (TPSA) is 104 Å². The highest BCUT2D eigenvalue weighted by Crippen LogP contribution is 2.19. The highest BCUT2D eigenvalue weighted by molar-refractivity contribution is 7.90. The molecule has 4 rings (SSSR count). The molecule has 4 aromatic rings. The molecule has 0 fully saturated rings. The summed E-state index contributed by atoms with van der Waals surface area (Å²) in [5, 5.41) is 12.2. The first-order chi connectivity index (χ1) is 13.0. The van der Waals surface area contributed by atoms with E-state index in [2.05, 4.69) is 20.5 Å². The van der Waals surface area contributed by atoms with E-state index in [0.29, 0.717) is 17.3 Å². The maximum Gasteiger partial charge on any atom is 0.248 e. The second-order valence-corrected chi connectivity index (χ2v) is 7.99. The molecule has 0 bridgehead atoms. The van der Waals surface area contributed by atoms with Crippen molar-refractivity contribution in [1.29, 1.82) is 0 Å². The van der Waals surface area contributed by atoms with Crippen LogP contribution in [0.25, 0.3) is 22.6 Å². The molecule has 2 heterocycles. The van der Waals surface area contributed by atoms with E-state index in [0.717, 1.165) is 17.5 Å². The van der Waals surface area contributed by atoms with Crippen LogP contribution in [0.3, 0.4) is 0 Å². The summed E-state index contributed by atoms with van der Waals surface area (Å²) in [6.45, 7) is 0.286. The summed E-state index contributed by atoms with van der Waals surface area (Å²) in [5.41, 5.74) is 2.40. The number of rotatable bonds is 5. The van der Waals surface area contributed by atoms with Gasteiger partial charge in [-0.15, -0.1) is 5.10 Å². The van der Waals surface area contributed by atoms with Gasteiger partial charge in [-0.05, 0) is 24.3 Å². The lowest BCUT2D eigenvalue weighted by atomic mass is 10.2. The van der Waals surface area contributed by atoms with E-state index in [1.54, 1.807) is 23.0 Å². The van der Waals surface area contributed by atoms with Crippen molar-refractivity contribution in [2.45, 2.75) is 11.4 Å². The van der Waals surface area contributed by atoms with Gasteiger partial charge in [0.25, 0.3) is 0 Å². The van der Waals surface area contributed by atoms with Crippen molar-refractivity contribution in [2.75, 3.05) is 6.26 Å². The Morgan fingerprint density at radius 1 is 1.00 bits per heavy atom. The van der Waals surface area contributed by atoms with Gasteiger partial charge in [-0.1, -0.05) is 40.7 Å². The molecule has 0 radical (unpaired) electrons. The van der Waals surface area contributed by atoms with E-state index in [-0.39, 0.29) is 11.4 Å². The fraction of sp³-hybridized carbons (Fsp3) is 0.111. The van der Waals surface area contributed by atoms with Gasteiger partial charge >= 0.3 is 0 Å². The molecular formula is C18H15N5O3S. The third-order valence-corrected chi connectivity index (χ3v) is 5.04. The quantitative estimate of drug-likeness (QED) is 0.523. The lowest BCUT2D eigenvalue weighted by Gasteiger charge is -1.98. The van der Waals surface area contributed by atoms with Gasteiger partial charge < -0.3 is 4.52 Å². The van der Waals surface area contributed by atoms with Gasteiger partial charge in [0.2, 0.25) is 11.7 Å². The lowest BCUT2D eigenvalue weighted by Crippen LogP contribution is -2.00. The number of sulfone groups is 1. The molecule has 0 spiro atoms. The number of nitrogens with zero attached hydrogens (tertiary/aromatic N) is 5. The normalized spacial score (nSPS) is 11.6. The summed E-state index contributed by atoms with van der Waals surface area (Å²) in [5.74, 6) is 0.759. The highest BCUT2D eigenvalue weighted by atomic mass is 32.2. The predicted molar refractivity (Wildman–Crippen MR) is 97.4 cm³/mol. The van der Waals surface area contributed by atoms with Crippen molar-refractivity contribution in [2.24, 2.45) is 0 Å². The average Bonchev–Trinajstić information content (AvgIpc) is 3.32. The van der Waals surface area contributed by atoms with E-state index < -0.39 is 9.84 Å². The maximum atomic E-state index is 11.5. The minimum atomic E-state index is -3.24. The summed E-state index contributed by atoms with van der Waals surface area (Å²) < 4.78 is 29.9. The zero-order chi connectivity index (χ0) is 18.9. The Morgan fingerprint density at radius 2 is 1.74 bits per heavy atom. The van der Waals surface area contributed by atoms with Gasteiger partial charge in [-0.3, -0.25) is 0 Å². The fourth-order valence-electron chi connectivity index (χ4n) is 2.54. The van der Waals surface area contributed by atoms with Crippen LogP contribution in [0, 0.1) is 0 Å². The average molecular weight is 381 g/mol. The van der Waals surface area contributed by atoms with Gasteiger partial charge in [0, 0.05) is 17.4 Å². The molecule has 2 aromatic carbocycles. The highest BCUT2D eigenvalue weighted by Gasteiger charge is 2.12. The van der Waals surface area contributed by atoms with E-state index in [9.17, 15) is 8.42 Å². The van der Waals surface area contributed by atoms with E-state index in [1.165, 1.54) is 12.1 Å². The SMILES string of the molecule is CS(=O)(=O)c1ccc(-c2noc(Cn3cc(-c4ccccc4)nn3)n2)cc1. The molecule has 8 nitrogen and oxygen atoms in total. The van der Waals surface area contributed by atoms with Crippen LogP contribution in [0.1, 0.15) is 5.89 Å². The third kappa shape index (κ3) is 3.77. The third-order valence-electron chi connectivity index (χ3n) is 3.91. The largest absolute Gasteiger partial charge is 0.337 e. The molecule has 136 valence electrons. The molecule has 0 aliphatic carbocycles. The zero-order valence-corrected chi connectivity index (χ0v) is 15.2. The Labute approximate surface area is 155 Å². The zero-order valence-electron chi connectivity index (χ0n) is 14.3. The molecule has 0 saturated carbocycles. The molecule has 0 saturated heterocycles. The Bertz CT molecular complexity index is 1170. The first-order valence-corrected chi connectivity index (χ1v) is 9.97. The molecule has 0 atom stereocenters. The molecule has 0 N–H and O–H groups in total. The first-order valence-electron chi connectivity index (χ1n) is 8.08. The van der Waals surface area contributed by atoms with Crippen LogP contribution in [0.4, 0.5) is 0 Å². The van der Waals surface area contributed by atoms with Gasteiger partial charge in [0.1, 0.15) is 12.2 Å². The lowest BCUT2D eigenvalue weighted by molar-refractivity contribution is 0.364. The minimum Gasteiger partial charge on any atom is -0.337 e. The summed E-state index contributed by atoms with van der Waals surface area (Å²) in [7, 11) is -3.24. The van der Waals surface area contributed by atoms with Gasteiger partial charge in [-0.2, -0.15) is 4.98 Å². The van der Waals surface area contributed by atoms with Crippen LogP contribution >= 0.6 is 0 Å². The number of hydrogen-bond donors (Lipinski definition) is 0. The van der Waals surface area contributed by atoms with E-state index >= 15 is 0 Å². The van der Waals surface area contributed by atoms with Crippen LogP contribution in [0.2, 0.25) is 0 Å². The second kappa shape index (κ2) is 6.76. The predicted octanol–water partition coefficient (Wildman–Crippen LogP) is 2.45. The van der Waals surface area contributed by atoms with Gasteiger partial charge in [0.15, 0.2) is 9.84 Å². The number of benzene rings is 2. The first kappa shape index (κ1) is 17.1. The van der Waals surface area contributed by atoms with Crippen molar-refractivity contribution < 1.29 is 12.9 Å². The summed E-state index contributed by atoms with van der Waals surface area (Å²) in [6.07, 6.45) is 2.97. The molecule has 0 aliphatic rings. The Balaban J connectivity index is 1.51. The molecular weight excluding hydrogens is 366 g/mol. The second-order valence-electron chi connectivity index (χ2n) is 5.98. The van der Waals surface area contributed by atoms with Gasteiger partial charge in [-0.25, -0.2) is 13.1 Å². The standard InChI is InChI=1S/C18H15N5O3S/c1-27(24,25)15-9-7-14(8-10-15)18-19-17(26-21-18)12-23-11-16(20-22-23)13-5-3-2-4-6-13/h2-11H,12H2,1H3. The van der Waals surface area contributed by atoms with Crippen molar-refractivity contribution in [3.8, 4) is 22.6 Å². The Morgan fingerprint density at radius 3 is 2.44 bits per heavy atom. The van der Waals surface area contributed by atoms with E-state index in [4.69, 9.17) is 4.52 Å². The molecule has 0 unspecified atom stereocenters. The summed E-state index contributed by atoms with van der Waals surface area (Å²) in [4.78, 5) is 4.58. The van der Waals surface area contributed by atoms with Crippen molar-refractivity contribution >= 4 is 9.84 Å². The van der Waals surface area contributed by atoms with Crippen molar-refractivity contribution in [3.63, 3.8) is 0 Å². The molecule has 27 heavy (non-hydrogen) atoms. The van der Waals surface area contributed by atoms with Crippen LogP contribution in [0.15, 0.2) is 70.2 Å². The van der Waals surface area contributed by atoms with Crippen LogP contribution in [-0.4, -0.2) is 39.8 Å². The van der Waals surface area contributed by atoms with Crippen molar-refractivity contribution in [3.05, 3.63) is 66.7 Å². The fourth-order valence-corrected chi connectivity index (χ4v) is 3.17. The summed E-state index contributed by atoms with van der Waals surface area (Å²) in [6, 6.07) is 16.1. The summed E-state index contributed by atoms with van der Waals surface area (Å²) >= 11 is 0. The van der Waals surface area contributed by atoms with Crippen LogP contribution in [0.5, 0.6) is 0 Å². The minimum absolute atomic E-state index is 0.242. The Hall–Kier alpha value is -3.33. The number of hydrogen-bond acceptors (Lipinski definition) is 7. The molecule has 0 amide bonds. The van der Waals surface area contributed by atoms with Crippen molar-refractivity contribution in [1.82, 2.24) is 25.1 Å². The van der Waals surface area contributed by atoms with Gasteiger partial charge in [0.05, 0.1) is 11.1 Å². The Kier molecular flexibility index (Phi) is 4.28. The molecule has 9 heteroatoms. The smallest absolute Gasteiger partial charge is 0.248 e.